The van der Waals surface area contributed by atoms with Crippen LogP contribution in [0, 0.1) is 0 Å². The number of hydrogen-bond acceptors (Lipinski definition) is 2. The number of halogens is 3. The summed E-state index contributed by atoms with van der Waals surface area (Å²) in [7, 11) is 0. The lowest BCUT2D eigenvalue weighted by Crippen LogP contribution is -2.27. The fourth-order valence-corrected chi connectivity index (χ4v) is 2.43. The minimum atomic E-state index is -0.336. The summed E-state index contributed by atoms with van der Waals surface area (Å²) >= 11 is 17.8. The normalized spacial score (nSPS) is 12.0. The fourth-order valence-electron chi connectivity index (χ4n) is 1.88. The van der Waals surface area contributed by atoms with Gasteiger partial charge < -0.3 is 11.1 Å². The van der Waals surface area contributed by atoms with Crippen LogP contribution in [0.15, 0.2) is 36.4 Å². The van der Waals surface area contributed by atoms with Crippen LogP contribution in [0.3, 0.4) is 0 Å². The Balaban J connectivity index is 2.20. The Hall–Kier alpha value is -1.42. The van der Waals surface area contributed by atoms with Gasteiger partial charge >= 0.3 is 0 Å². The molecule has 21 heavy (non-hydrogen) atoms. The quantitative estimate of drug-likeness (QED) is 0.792. The molecule has 0 aliphatic heterocycles. The average molecular weight is 344 g/mol. The third-order valence-electron chi connectivity index (χ3n) is 3.01. The molecule has 0 bridgehead atoms. The number of nitrogen functional groups attached to an aromatic ring is 1. The van der Waals surface area contributed by atoms with E-state index in [1.54, 1.807) is 12.1 Å². The van der Waals surface area contributed by atoms with Crippen LogP contribution in [-0.2, 0) is 0 Å². The van der Waals surface area contributed by atoms with Crippen LogP contribution in [0.4, 0.5) is 5.69 Å². The first-order chi connectivity index (χ1) is 9.88. The summed E-state index contributed by atoms with van der Waals surface area (Å²) in [6.07, 6.45) is 0. The summed E-state index contributed by atoms with van der Waals surface area (Å²) in [6, 6.07) is 10.0. The molecular weight excluding hydrogens is 331 g/mol. The van der Waals surface area contributed by atoms with Crippen molar-refractivity contribution in [1.29, 1.82) is 0 Å². The highest BCUT2D eigenvalue weighted by Crippen LogP contribution is 2.29. The standard InChI is InChI=1S/C15H13Cl3N2O/c1-8(9-2-4-10(16)5-3-9)20-15(21)12-6-11(19)7-13(17)14(12)18/h2-8H,19H2,1H3,(H,20,21). The molecule has 0 saturated carbocycles. The van der Waals surface area contributed by atoms with E-state index in [1.165, 1.54) is 12.1 Å². The predicted molar refractivity (Wildman–Crippen MR) is 88.2 cm³/mol. The molecule has 0 fully saturated rings. The van der Waals surface area contributed by atoms with Gasteiger partial charge in [-0.05, 0) is 36.8 Å². The molecule has 1 amide bonds. The Bertz CT molecular complexity index is 671. The summed E-state index contributed by atoms with van der Waals surface area (Å²) in [5.74, 6) is -0.336. The summed E-state index contributed by atoms with van der Waals surface area (Å²) in [5, 5.41) is 3.93. The van der Waals surface area contributed by atoms with Gasteiger partial charge in [0, 0.05) is 10.7 Å². The van der Waals surface area contributed by atoms with Crippen molar-refractivity contribution in [3.63, 3.8) is 0 Å². The molecule has 1 atom stereocenters. The second kappa shape index (κ2) is 6.56. The fraction of sp³-hybridized carbons (Fsp3) is 0.133. The molecule has 2 rings (SSSR count). The summed E-state index contributed by atoms with van der Waals surface area (Å²) in [5.41, 5.74) is 7.25. The molecule has 3 N–H and O–H groups in total. The van der Waals surface area contributed by atoms with Crippen LogP contribution in [0.25, 0.3) is 0 Å². The minimum absolute atomic E-state index is 0.187. The lowest BCUT2D eigenvalue weighted by molar-refractivity contribution is 0.0940. The maximum Gasteiger partial charge on any atom is 0.253 e. The van der Waals surface area contributed by atoms with Gasteiger partial charge in [0.05, 0.1) is 21.7 Å². The van der Waals surface area contributed by atoms with E-state index in [0.29, 0.717) is 10.7 Å². The van der Waals surface area contributed by atoms with E-state index in [-0.39, 0.29) is 27.6 Å². The number of benzene rings is 2. The lowest BCUT2D eigenvalue weighted by atomic mass is 10.1. The molecular formula is C15H13Cl3N2O. The van der Waals surface area contributed by atoms with Gasteiger partial charge in [0.2, 0.25) is 0 Å². The Morgan fingerprint density at radius 2 is 1.76 bits per heavy atom. The Labute approximate surface area is 138 Å². The Morgan fingerprint density at radius 3 is 2.38 bits per heavy atom. The Kier molecular flexibility index (Phi) is 4.99. The third-order valence-corrected chi connectivity index (χ3v) is 4.07. The molecule has 0 heterocycles. The summed E-state index contributed by atoms with van der Waals surface area (Å²) < 4.78 is 0. The molecule has 0 aliphatic carbocycles. The van der Waals surface area contributed by atoms with Gasteiger partial charge in [-0.1, -0.05) is 46.9 Å². The van der Waals surface area contributed by atoms with E-state index in [1.807, 2.05) is 19.1 Å². The van der Waals surface area contributed by atoms with Crippen molar-refractivity contribution < 1.29 is 4.79 Å². The maximum atomic E-state index is 12.3. The first-order valence-corrected chi connectivity index (χ1v) is 7.32. The third kappa shape index (κ3) is 3.82. The number of carbonyl (C=O) groups is 1. The number of anilines is 1. The van der Waals surface area contributed by atoms with Crippen LogP contribution < -0.4 is 11.1 Å². The van der Waals surface area contributed by atoms with Crippen molar-refractivity contribution in [2.45, 2.75) is 13.0 Å². The molecule has 0 saturated heterocycles. The maximum absolute atomic E-state index is 12.3. The molecule has 2 aromatic rings. The van der Waals surface area contributed by atoms with Crippen molar-refractivity contribution in [1.82, 2.24) is 5.32 Å². The van der Waals surface area contributed by atoms with Gasteiger partial charge in [0.25, 0.3) is 5.91 Å². The van der Waals surface area contributed by atoms with Crippen molar-refractivity contribution in [2.75, 3.05) is 5.73 Å². The molecule has 3 nitrogen and oxygen atoms in total. The second-order valence-electron chi connectivity index (χ2n) is 4.61. The van der Waals surface area contributed by atoms with E-state index >= 15 is 0 Å². The van der Waals surface area contributed by atoms with Gasteiger partial charge in [0.15, 0.2) is 0 Å². The monoisotopic (exact) mass is 342 g/mol. The van der Waals surface area contributed by atoms with E-state index < -0.39 is 0 Å². The van der Waals surface area contributed by atoms with Gasteiger partial charge in [-0.2, -0.15) is 0 Å². The highest BCUT2D eigenvalue weighted by molar-refractivity contribution is 6.44. The zero-order valence-corrected chi connectivity index (χ0v) is 13.4. The molecule has 2 aromatic carbocycles. The highest BCUT2D eigenvalue weighted by atomic mass is 35.5. The van der Waals surface area contributed by atoms with Crippen LogP contribution in [0.2, 0.25) is 15.1 Å². The first kappa shape index (κ1) is 16.0. The molecule has 0 radical (unpaired) electrons. The first-order valence-electron chi connectivity index (χ1n) is 6.19. The van der Waals surface area contributed by atoms with E-state index in [9.17, 15) is 4.79 Å². The number of carbonyl (C=O) groups excluding carboxylic acids is 1. The van der Waals surface area contributed by atoms with Crippen LogP contribution in [0.1, 0.15) is 28.9 Å². The minimum Gasteiger partial charge on any atom is -0.399 e. The smallest absolute Gasteiger partial charge is 0.253 e. The van der Waals surface area contributed by atoms with Gasteiger partial charge in [-0.15, -0.1) is 0 Å². The summed E-state index contributed by atoms with van der Waals surface area (Å²) in [4.78, 5) is 12.3. The number of amides is 1. The van der Waals surface area contributed by atoms with Crippen molar-refractivity contribution >= 4 is 46.4 Å². The summed E-state index contributed by atoms with van der Waals surface area (Å²) in [6.45, 7) is 1.86. The number of hydrogen-bond donors (Lipinski definition) is 2. The zero-order chi connectivity index (χ0) is 15.6. The number of nitrogens with one attached hydrogen (secondary N) is 1. The SMILES string of the molecule is CC(NC(=O)c1cc(N)cc(Cl)c1Cl)c1ccc(Cl)cc1. The topological polar surface area (TPSA) is 55.1 Å². The average Bonchev–Trinajstić information content (AvgIpc) is 2.43. The van der Waals surface area contributed by atoms with Crippen molar-refractivity contribution in [2.24, 2.45) is 0 Å². The van der Waals surface area contributed by atoms with Crippen LogP contribution >= 0.6 is 34.8 Å². The lowest BCUT2D eigenvalue weighted by Gasteiger charge is -2.15. The largest absolute Gasteiger partial charge is 0.399 e. The zero-order valence-electron chi connectivity index (χ0n) is 11.2. The number of nitrogens with two attached hydrogens (primary N) is 1. The van der Waals surface area contributed by atoms with Gasteiger partial charge in [-0.25, -0.2) is 0 Å². The number of rotatable bonds is 3. The van der Waals surface area contributed by atoms with Gasteiger partial charge in [0.1, 0.15) is 0 Å². The van der Waals surface area contributed by atoms with Crippen LogP contribution in [-0.4, -0.2) is 5.91 Å². The Morgan fingerprint density at radius 1 is 1.14 bits per heavy atom. The highest BCUT2D eigenvalue weighted by Gasteiger charge is 2.16. The molecule has 1 unspecified atom stereocenters. The molecule has 0 aliphatic rings. The van der Waals surface area contributed by atoms with Crippen molar-refractivity contribution in [3.05, 3.63) is 62.6 Å². The van der Waals surface area contributed by atoms with Crippen molar-refractivity contribution in [3.8, 4) is 0 Å². The molecule has 0 spiro atoms. The van der Waals surface area contributed by atoms with Gasteiger partial charge in [-0.3, -0.25) is 4.79 Å². The van der Waals surface area contributed by atoms with E-state index in [0.717, 1.165) is 5.56 Å². The molecule has 6 heteroatoms. The van der Waals surface area contributed by atoms with E-state index in [4.69, 9.17) is 40.5 Å². The molecule has 0 aromatic heterocycles. The predicted octanol–water partition coefficient (Wildman–Crippen LogP) is 4.72. The second-order valence-corrected chi connectivity index (χ2v) is 5.83. The van der Waals surface area contributed by atoms with Crippen LogP contribution in [0.5, 0.6) is 0 Å². The van der Waals surface area contributed by atoms with E-state index in [2.05, 4.69) is 5.32 Å². The molecule has 110 valence electrons.